The molecule has 1 fully saturated rings. The van der Waals surface area contributed by atoms with E-state index in [2.05, 4.69) is 20.8 Å². The molecule has 2 atom stereocenters. The van der Waals surface area contributed by atoms with Crippen LogP contribution in [0.25, 0.3) is 0 Å². The molecule has 3 heteroatoms. The molecule has 1 rings (SSSR count). The minimum absolute atomic E-state index is 0.0760. The van der Waals surface area contributed by atoms with Crippen LogP contribution in [0.4, 0.5) is 0 Å². The average molecular weight is 256 g/mol. The van der Waals surface area contributed by atoms with Crippen LogP contribution in [0.5, 0.6) is 0 Å². The third-order valence-electron chi connectivity index (χ3n) is 4.31. The van der Waals surface area contributed by atoms with Crippen molar-refractivity contribution in [1.29, 1.82) is 0 Å². The molecule has 0 aliphatic carbocycles. The van der Waals surface area contributed by atoms with Gasteiger partial charge in [0.1, 0.15) is 0 Å². The van der Waals surface area contributed by atoms with Crippen LogP contribution in [-0.4, -0.2) is 22.8 Å². The summed E-state index contributed by atoms with van der Waals surface area (Å²) in [6.45, 7) is 8.28. The van der Waals surface area contributed by atoms with Crippen LogP contribution in [0.1, 0.15) is 72.6 Å². The molecular formula is C15H28O3. The molecule has 0 bridgehead atoms. The van der Waals surface area contributed by atoms with Gasteiger partial charge < -0.3 is 9.84 Å². The van der Waals surface area contributed by atoms with Crippen LogP contribution < -0.4 is 0 Å². The highest BCUT2D eigenvalue weighted by Gasteiger charge is 2.42. The van der Waals surface area contributed by atoms with E-state index in [0.29, 0.717) is 12.8 Å². The number of carboxylic acids is 1. The van der Waals surface area contributed by atoms with Gasteiger partial charge in [0.15, 0.2) is 0 Å². The fourth-order valence-corrected chi connectivity index (χ4v) is 2.94. The molecule has 106 valence electrons. The third kappa shape index (κ3) is 3.71. The molecule has 0 aromatic rings. The van der Waals surface area contributed by atoms with Crippen molar-refractivity contribution < 1.29 is 14.6 Å². The lowest BCUT2D eigenvalue weighted by Crippen LogP contribution is -2.35. The Balaban J connectivity index is 2.69. The average Bonchev–Trinajstić information content (AvgIpc) is 2.63. The van der Waals surface area contributed by atoms with E-state index in [1.54, 1.807) is 0 Å². The number of carbonyl (C=O) groups is 1. The quantitative estimate of drug-likeness (QED) is 0.748. The maximum atomic E-state index is 11.7. The lowest BCUT2D eigenvalue weighted by Gasteiger charge is -2.31. The summed E-state index contributed by atoms with van der Waals surface area (Å²) < 4.78 is 5.97. The Morgan fingerprint density at radius 1 is 1.44 bits per heavy atom. The topological polar surface area (TPSA) is 46.5 Å². The fraction of sp³-hybridized carbons (Fsp3) is 0.933. The first-order valence-corrected chi connectivity index (χ1v) is 7.26. The zero-order valence-electron chi connectivity index (χ0n) is 12.3. The summed E-state index contributed by atoms with van der Waals surface area (Å²) in [5.41, 5.74) is -0.658. The van der Waals surface area contributed by atoms with Gasteiger partial charge in [0.2, 0.25) is 0 Å². The summed E-state index contributed by atoms with van der Waals surface area (Å²) in [7, 11) is 0. The minimum atomic E-state index is -0.647. The van der Waals surface area contributed by atoms with E-state index in [0.717, 1.165) is 32.1 Å². The second-order valence-corrected chi connectivity index (χ2v) is 6.28. The Bertz CT molecular complexity index is 285. The maximum Gasteiger partial charge on any atom is 0.309 e. The smallest absolute Gasteiger partial charge is 0.309 e. The van der Waals surface area contributed by atoms with Crippen molar-refractivity contribution in [2.24, 2.45) is 5.41 Å². The summed E-state index contributed by atoms with van der Waals surface area (Å²) >= 11 is 0. The Labute approximate surface area is 111 Å². The van der Waals surface area contributed by atoms with Crippen molar-refractivity contribution in [3.05, 3.63) is 0 Å². The van der Waals surface area contributed by atoms with Crippen molar-refractivity contribution in [1.82, 2.24) is 0 Å². The van der Waals surface area contributed by atoms with E-state index in [4.69, 9.17) is 4.74 Å². The van der Waals surface area contributed by atoms with E-state index < -0.39 is 11.4 Å². The van der Waals surface area contributed by atoms with Crippen LogP contribution in [0, 0.1) is 5.41 Å². The normalized spacial score (nSPS) is 25.9. The van der Waals surface area contributed by atoms with Crippen molar-refractivity contribution in [3.8, 4) is 0 Å². The molecule has 1 N–H and O–H groups in total. The molecule has 1 aliphatic heterocycles. The van der Waals surface area contributed by atoms with Gasteiger partial charge in [-0.1, -0.05) is 26.7 Å². The highest BCUT2D eigenvalue weighted by molar-refractivity contribution is 5.74. The summed E-state index contributed by atoms with van der Waals surface area (Å²) in [6.07, 6.45) is 6.31. The lowest BCUT2D eigenvalue weighted by atomic mass is 9.75. The van der Waals surface area contributed by atoms with Gasteiger partial charge in [0.05, 0.1) is 17.1 Å². The Morgan fingerprint density at radius 2 is 2.11 bits per heavy atom. The molecule has 2 unspecified atom stereocenters. The maximum absolute atomic E-state index is 11.7. The largest absolute Gasteiger partial charge is 0.481 e. The lowest BCUT2D eigenvalue weighted by molar-refractivity contribution is -0.153. The van der Waals surface area contributed by atoms with Crippen molar-refractivity contribution in [2.75, 3.05) is 0 Å². The molecule has 0 aromatic carbocycles. The van der Waals surface area contributed by atoms with E-state index in [1.807, 2.05) is 6.92 Å². The van der Waals surface area contributed by atoms with Crippen molar-refractivity contribution in [3.63, 3.8) is 0 Å². The van der Waals surface area contributed by atoms with Gasteiger partial charge in [0.25, 0.3) is 0 Å². The SMILES string of the molecule is CCCCC(CC)(CC1CCC(C)(C)O1)C(=O)O. The summed E-state index contributed by atoms with van der Waals surface area (Å²) in [5, 5.41) is 9.59. The van der Waals surface area contributed by atoms with Crippen LogP contribution in [-0.2, 0) is 9.53 Å². The Kier molecular flexibility index (Phi) is 5.20. The molecular weight excluding hydrogens is 228 g/mol. The molecule has 0 spiro atoms. The number of rotatable bonds is 7. The van der Waals surface area contributed by atoms with Gasteiger partial charge in [-0.25, -0.2) is 0 Å². The van der Waals surface area contributed by atoms with Gasteiger partial charge in [-0.15, -0.1) is 0 Å². The van der Waals surface area contributed by atoms with E-state index in [1.165, 1.54) is 0 Å². The molecule has 0 amide bonds. The molecule has 1 saturated heterocycles. The predicted octanol–water partition coefficient (Wildman–Crippen LogP) is 4.01. The molecule has 0 radical (unpaired) electrons. The minimum Gasteiger partial charge on any atom is -0.481 e. The first-order chi connectivity index (χ1) is 8.35. The van der Waals surface area contributed by atoms with Gasteiger partial charge in [-0.05, 0) is 46.0 Å². The standard InChI is InChI=1S/C15H28O3/c1-5-7-9-15(6-2,13(16)17)11-12-8-10-14(3,4)18-12/h12H,5-11H2,1-4H3,(H,16,17). The summed E-state index contributed by atoms with van der Waals surface area (Å²) in [6, 6.07) is 0. The van der Waals surface area contributed by atoms with Crippen LogP contribution in [0.2, 0.25) is 0 Å². The predicted molar refractivity (Wildman–Crippen MR) is 72.7 cm³/mol. The monoisotopic (exact) mass is 256 g/mol. The Hall–Kier alpha value is -0.570. The number of aliphatic carboxylic acids is 1. The van der Waals surface area contributed by atoms with E-state index in [-0.39, 0.29) is 11.7 Å². The molecule has 1 aliphatic rings. The Morgan fingerprint density at radius 3 is 2.50 bits per heavy atom. The molecule has 1 heterocycles. The second kappa shape index (κ2) is 6.05. The zero-order valence-corrected chi connectivity index (χ0v) is 12.3. The first kappa shape index (κ1) is 15.5. The molecule has 0 saturated carbocycles. The summed E-state index contributed by atoms with van der Waals surface area (Å²) in [5.74, 6) is -0.647. The fourth-order valence-electron chi connectivity index (χ4n) is 2.94. The number of hydrogen-bond donors (Lipinski definition) is 1. The number of carboxylic acid groups (broad SMARTS) is 1. The van der Waals surface area contributed by atoms with Gasteiger partial charge >= 0.3 is 5.97 Å². The molecule has 0 aromatic heterocycles. The highest BCUT2D eigenvalue weighted by Crippen LogP contribution is 2.40. The van der Waals surface area contributed by atoms with Crippen molar-refractivity contribution >= 4 is 5.97 Å². The number of ether oxygens (including phenoxy) is 1. The van der Waals surface area contributed by atoms with Crippen LogP contribution in [0.3, 0.4) is 0 Å². The van der Waals surface area contributed by atoms with Crippen molar-refractivity contribution in [2.45, 2.75) is 84.3 Å². The van der Waals surface area contributed by atoms with Gasteiger partial charge in [0, 0.05) is 0 Å². The number of hydrogen-bond acceptors (Lipinski definition) is 2. The van der Waals surface area contributed by atoms with Crippen LogP contribution in [0.15, 0.2) is 0 Å². The van der Waals surface area contributed by atoms with Crippen LogP contribution >= 0.6 is 0 Å². The van der Waals surface area contributed by atoms with Gasteiger partial charge in [-0.3, -0.25) is 4.79 Å². The molecule has 18 heavy (non-hydrogen) atoms. The summed E-state index contributed by atoms with van der Waals surface area (Å²) in [4.78, 5) is 11.7. The zero-order chi connectivity index (χ0) is 13.8. The van der Waals surface area contributed by atoms with E-state index >= 15 is 0 Å². The third-order valence-corrected chi connectivity index (χ3v) is 4.31. The second-order valence-electron chi connectivity index (χ2n) is 6.28. The number of unbranched alkanes of at least 4 members (excludes halogenated alkanes) is 1. The highest BCUT2D eigenvalue weighted by atomic mass is 16.5. The van der Waals surface area contributed by atoms with Gasteiger partial charge in [-0.2, -0.15) is 0 Å². The molecule has 3 nitrogen and oxygen atoms in total. The first-order valence-electron chi connectivity index (χ1n) is 7.26. The van der Waals surface area contributed by atoms with E-state index in [9.17, 15) is 9.90 Å².